The van der Waals surface area contributed by atoms with Crippen molar-refractivity contribution < 1.29 is 4.74 Å². The fraction of sp³-hybridized carbons (Fsp3) is 0.0400. The number of aliphatic imine (C=N–C) groups is 1. The lowest BCUT2D eigenvalue weighted by Gasteiger charge is -2.04. The minimum atomic E-state index is 0.600. The van der Waals surface area contributed by atoms with E-state index in [2.05, 4.69) is 22.3 Å². The van der Waals surface area contributed by atoms with Crippen molar-refractivity contribution in [2.45, 2.75) is 0 Å². The van der Waals surface area contributed by atoms with E-state index in [1.54, 1.807) is 7.11 Å². The second kappa shape index (κ2) is 9.25. The van der Waals surface area contributed by atoms with Crippen molar-refractivity contribution >= 4 is 29.2 Å². The summed E-state index contributed by atoms with van der Waals surface area (Å²) in [7, 11) is 1.65. The summed E-state index contributed by atoms with van der Waals surface area (Å²) in [4.78, 5) is 4.78. The van der Waals surface area contributed by atoms with Crippen LogP contribution in [0.5, 0.6) is 5.75 Å². The Morgan fingerprint density at radius 2 is 1.70 bits per heavy atom. The molecule has 0 saturated heterocycles. The molecule has 5 heteroatoms. The number of aromatic amines is 1. The highest BCUT2D eigenvalue weighted by Crippen LogP contribution is 2.24. The van der Waals surface area contributed by atoms with E-state index in [9.17, 15) is 0 Å². The van der Waals surface area contributed by atoms with Crippen molar-refractivity contribution in [3.63, 3.8) is 0 Å². The van der Waals surface area contributed by atoms with Crippen molar-refractivity contribution in [3.05, 3.63) is 107 Å². The van der Waals surface area contributed by atoms with Crippen molar-refractivity contribution in [1.82, 2.24) is 10.2 Å². The number of hydrogen-bond acceptors (Lipinski definition) is 3. The smallest absolute Gasteiger partial charge is 0.174 e. The number of halogens is 1. The molecule has 1 heterocycles. The zero-order chi connectivity index (χ0) is 20.8. The number of H-pyrrole nitrogens is 1. The van der Waals surface area contributed by atoms with Crippen LogP contribution in [0, 0.1) is 0 Å². The standard InChI is InChI=1S/C25H20ClN3O/c1-30-22-14-10-19(11-15-22)23(16-7-18-5-3-2-4-6-18)27-25-17-24(28-29-25)20-8-12-21(26)13-9-20/h2-17H,1H3,(H,28,29)/b16-7+,27-23?. The number of benzene rings is 3. The van der Waals surface area contributed by atoms with Gasteiger partial charge in [-0.1, -0.05) is 60.1 Å². The highest BCUT2D eigenvalue weighted by molar-refractivity contribution is 6.30. The summed E-state index contributed by atoms with van der Waals surface area (Å²) in [6.07, 6.45) is 4.03. The molecular weight excluding hydrogens is 394 g/mol. The van der Waals surface area contributed by atoms with Crippen LogP contribution < -0.4 is 4.74 Å². The van der Waals surface area contributed by atoms with Crippen molar-refractivity contribution in [2.75, 3.05) is 7.11 Å². The molecule has 4 nitrogen and oxygen atoms in total. The van der Waals surface area contributed by atoms with Crippen LogP contribution in [0.25, 0.3) is 17.3 Å². The maximum Gasteiger partial charge on any atom is 0.174 e. The molecule has 0 aliphatic rings. The quantitative estimate of drug-likeness (QED) is 0.363. The summed E-state index contributed by atoms with van der Waals surface area (Å²) in [5.41, 5.74) is 4.75. The molecule has 4 rings (SSSR count). The summed E-state index contributed by atoms with van der Waals surface area (Å²) in [5, 5.41) is 8.11. The molecular formula is C25H20ClN3O. The average Bonchev–Trinajstić information content (AvgIpc) is 3.26. The molecule has 0 aliphatic carbocycles. The normalized spacial score (nSPS) is 11.7. The molecule has 0 fully saturated rings. The molecule has 0 unspecified atom stereocenters. The predicted molar refractivity (Wildman–Crippen MR) is 124 cm³/mol. The number of allylic oxidation sites excluding steroid dienone is 1. The van der Waals surface area contributed by atoms with Gasteiger partial charge in [0, 0.05) is 16.7 Å². The number of nitrogens with one attached hydrogen (secondary N) is 1. The Bertz CT molecular complexity index is 1160. The maximum atomic E-state index is 5.98. The third-order valence-corrected chi connectivity index (χ3v) is 4.83. The Kier molecular flexibility index (Phi) is 6.06. The Morgan fingerprint density at radius 3 is 2.40 bits per heavy atom. The molecule has 0 amide bonds. The topological polar surface area (TPSA) is 50.3 Å². The van der Waals surface area contributed by atoms with Crippen LogP contribution in [0.2, 0.25) is 5.02 Å². The van der Waals surface area contributed by atoms with Crippen molar-refractivity contribution in [2.24, 2.45) is 4.99 Å². The minimum absolute atomic E-state index is 0.600. The van der Waals surface area contributed by atoms with E-state index < -0.39 is 0 Å². The van der Waals surface area contributed by atoms with E-state index in [0.29, 0.717) is 10.8 Å². The van der Waals surface area contributed by atoms with Crippen LogP contribution in [0.3, 0.4) is 0 Å². The van der Waals surface area contributed by atoms with Crippen LogP contribution in [-0.2, 0) is 0 Å². The number of aromatic nitrogens is 2. The first-order valence-electron chi connectivity index (χ1n) is 9.49. The SMILES string of the molecule is COc1ccc(C(/C=C/c2ccccc2)=Nc2cc(-c3ccc(Cl)cc3)[nH]n2)cc1. The highest BCUT2D eigenvalue weighted by Gasteiger charge is 2.06. The molecule has 148 valence electrons. The monoisotopic (exact) mass is 413 g/mol. The van der Waals surface area contributed by atoms with Gasteiger partial charge in [0.05, 0.1) is 18.5 Å². The number of methoxy groups -OCH3 is 1. The van der Waals surface area contributed by atoms with Gasteiger partial charge in [-0.2, -0.15) is 5.10 Å². The fourth-order valence-corrected chi connectivity index (χ4v) is 3.09. The van der Waals surface area contributed by atoms with Crippen LogP contribution in [0.4, 0.5) is 5.82 Å². The molecule has 4 aromatic rings. The van der Waals surface area contributed by atoms with Gasteiger partial charge in [0.15, 0.2) is 5.82 Å². The summed E-state index contributed by atoms with van der Waals surface area (Å²) >= 11 is 5.98. The largest absolute Gasteiger partial charge is 0.497 e. The first-order valence-corrected chi connectivity index (χ1v) is 9.87. The van der Waals surface area contributed by atoms with Gasteiger partial charge < -0.3 is 4.74 Å². The van der Waals surface area contributed by atoms with E-state index in [0.717, 1.165) is 33.8 Å². The van der Waals surface area contributed by atoms with Gasteiger partial charge in [0.25, 0.3) is 0 Å². The predicted octanol–water partition coefficient (Wildman–Crippen LogP) is 6.57. The Morgan fingerprint density at radius 1 is 0.967 bits per heavy atom. The number of nitrogens with zero attached hydrogens (tertiary/aromatic N) is 2. The molecule has 0 aliphatic heterocycles. The van der Waals surface area contributed by atoms with E-state index in [4.69, 9.17) is 21.3 Å². The van der Waals surface area contributed by atoms with Crippen LogP contribution in [0.15, 0.2) is 96.0 Å². The van der Waals surface area contributed by atoms with Crippen molar-refractivity contribution in [3.8, 4) is 17.0 Å². The van der Waals surface area contributed by atoms with Crippen LogP contribution in [-0.4, -0.2) is 23.0 Å². The molecule has 0 spiro atoms. The fourth-order valence-electron chi connectivity index (χ4n) is 2.97. The molecule has 0 bridgehead atoms. The number of rotatable bonds is 6. The van der Waals surface area contributed by atoms with E-state index in [1.165, 1.54) is 0 Å². The van der Waals surface area contributed by atoms with Crippen LogP contribution >= 0.6 is 11.6 Å². The van der Waals surface area contributed by atoms with Gasteiger partial charge in [0.2, 0.25) is 0 Å². The summed E-state index contributed by atoms with van der Waals surface area (Å²) in [6.45, 7) is 0. The molecule has 1 aromatic heterocycles. The van der Waals surface area contributed by atoms with E-state index in [-0.39, 0.29) is 0 Å². The third-order valence-electron chi connectivity index (χ3n) is 4.57. The molecule has 0 radical (unpaired) electrons. The number of hydrogen-bond donors (Lipinski definition) is 1. The zero-order valence-electron chi connectivity index (χ0n) is 16.4. The maximum absolute atomic E-state index is 5.98. The van der Waals surface area contributed by atoms with Gasteiger partial charge in [-0.15, -0.1) is 0 Å². The van der Waals surface area contributed by atoms with Gasteiger partial charge in [-0.05, 0) is 53.6 Å². The molecule has 30 heavy (non-hydrogen) atoms. The van der Waals surface area contributed by atoms with E-state index >= 15 is 0 Å². The van der Waals surface area contributed by atoms with E-state index in [1.807, 2.05) is 84.9 Å². The Balaban J connectivity index is 1.68. The first kappa shape index (κ1) is 19.7. The first-order chi connectivity index (χ1) is 14.7. The third kappa shape index (κ3) is 4.85. The van der Waals surface area contributed by atoms with Crippen LogP contribution in [0.1, 0.15) is 11.1 Å². The van der Waals surface area contributed by atoms with Gasteiger partial charge in [-0.25, -0.2) is 4.99 Å². The molecule has 0 saturated carbocycles. The lowest BCUT2D eigenvalue weighted by Crippen LogP contribution is -1.96. The molecule has 1 N–H and O–H groups in total. The highest BCUT2D eigenvalue weighted by atomic mass is 35.5. The second-order valence-corrected chi connectivity index (χ2v) is 7.05. The summed E-state index contributed by atoms with van der Waals surface area (Å²) < 4.78 is 5.27. The summed E-state index contributed by atoms with van der Waals surface area (Å²) in [5.74, 6) is 1.40. The summed E-state index contributed by atoms with van der Waals surface area (Å²) in [6, 6.07) is 27.5. The van der Waals surface area contributed by atoms with Crippen molar-refractivity contribution in [1.29, 1.82) is 0 Å². The lowest BCUT2D eigenvalue weighted by atomic mass is 10.1. The second-order valence-electron chi connectivity index (χ2n) is 6.62. The molecule has 3 aromatic carbocycles. The van der Waals surface area contributed by atoms with Gasteiger partial charge in [0.1, 0.15) is 5.75 Å². The Labute approximate surface area is 180 Å². The van der Waals surface area contributed by atoms with Gasteiger partial charge in [-0.3, -0.25) is 5.10 Å². The Hall–Kier alpha value is -3.63. The van der Waals surface area contributed by atoms with Gasteiger partial charge >= 0.3 is 0 Å². The lowest BCUT2D eigenvalue weighted by molar-refractivity contribution is 0.415. The minimum Gasteiger partial charge on any atom is -0.497 e. The number of ether oxygens (including phenoxy) is 1. The zero-order valence-corrected chi connectivity index (χ0v) is 17.2. The average molecular weight is 414 g/mol. The molecule has 0 atom stereocenters.